The summed E-state index contributed by atoms with van der Waals surface area (Å²) in [5.74, 6) is 0.378. The van der Waals surface area contributed by atoms with Crippen LogP contribution in [0.4, 0.5) is 0 Å². The number of benzene rings is 2. The van der Waals surface area contributed by atoms with Gasteiger partial charge in [-0.3, -0.25) is 0 Å². The minimum absolute atomic E-state index is 0.195. The molecule has 1 atom stereocenters. The summed E-state index contributed by atoms with van der Waals surface area (Å²) in [5, 5.41) is 9.43. The van der Waals surface area contributed by atoms with Gasteiger partial charge in [0.05, 0.1) is 27.5 Å². The average Bonchev–Trinajstić information content (AvgIpc) is 3.24. The number of aromatic nitrogens is 3. The van der Waals surface area contributed by atoms with Gasteiger partial charge < -0.3 is 18.9 Å². The Morgan fingerprint density at radius 3 is 2.61 bits per heavy atom. The first-order valence-electron chi connectivity index (χ1n) is 12.1. The molecule has 1 aliphatic heterocycles. The van der Waals surface area contributed by atoms with E-state index >= 15 is 0 Å². The number of nitrogens with zero attached hydrogens (tertiary/aromatic N) is 3. The highest BCUT2D eigenvalue weighted by molar-refractivity contribution is 6.74. The Morgan fingerprint density at radius 1 is 1.17 bits per heavy atom. The lowest BCUT2D eigenvalue weighted by atomic mass is 10.1. The first kappa shape index (κ1) is 26.3. The van der Waals surface area contributed by atoms with Crippen LogP contribution in [0.2, 0.25) is 24.7 Å². The van der Waals surface area contributed by atoms with Crippen molar-refractivity contribution in [2.75, 3.05) is 13.7 Å². The summed E-state index contributed by atoms with van der Waals surface area (Å²) in [7, 11) is -0.129. The van der Waals surface area contributed by atoms with Crippen LogP contribution in [0, 0.1) is 0 Å². The summed E-state index contributed by atoms with van der Waals surface area (Å²) in [4.78, 5) is 12.1. The first-order chi connectivity index (χ1) is 17.2. The Balaban J connectivity index is 1.57. The summed E-state index contributed by atoms with van der Waals surface area (Å²) in [6, 6.07) is 12.3. The molecule has 2 aromatic carbocycles. The molecule has 1 saturated heterocycles. The Bertz CT molecular complexity index is 1190. The van der Waals surface area contributed by atoms with Crippen molar-refractivity contribution in [3.8, 4) is 22.8 Å². The Labute approximate surface area is 217 Å². The van der Waals surface area contributed by atoms with Gasteiger partial charge in [0.1, 0.15) is 22.8 Å². The van der Waals surface area contributed by atoms with Crippen molar-refractivity contribution in [2.45, 2.75) is 58.0 Å². The molecule has 3 aromatic rings. The maximum Gasteiger partial charge on any atom is 0.341 e. The lowest BCUT2D eigenvalue weighted by Crippen LogP contribution is -2.30. The van der Waals surface area contributed by atoms with Crippen molar-refractivity contribution in [3.63, 3.8) is 0 Å². The van der Waals surface area contributed by atoms with Crippen molar-refractivity contribution in [1.29, 1.82) is 0 Å². The number of halogens is 1. The molecule has 0 radical (unpaired) electrons. The largest absolute Gasteiger partial charge is 0.465 e. The maximum atomic E-state index is 12.1. The zero-order valence-corrected chi connectivity index (χ0v) is 22.9. The molecule has 0 N–H and O–H groups in total. The number of hydrogen-bond acceptors (Lipinski definition) is 7. The van der Waals surface area contributed by atoms with Crippen molar-refractivity contribution in [3.05, 3.63) is 58.7 Å². The standard InChI is InChI=1S/C26H32ClN3O5Si/c1-32-26(31)21-13-10-19(27)15-23(21)35-20-11-8-18(9-12-20)25-22(16-34-24-7-5-6-14-33-24)30(29-28-25)17-36(2,3)4/h8-13,15,24H,5-7,14,16-17H2,1-4H3. The van der Waals surface area contributed by atoms with Gasteiger partial charge in [-0.1, -0.05) is 36.5 Å². The van der Waals surface area contributed by atoms with E-state index in [0.717, 1.165) is 49.0 Å². The molecule has 1 aromatic heterocycles. The molecule has 4 rings (SSSR count). The van der Waals surface area contributed by atoms with Gasteiger partial charge in [-0.25, -0.2) is 9.48 Å². The van der Waals surface area contributed by atoms with Crippen LogP contribution in [0.25, 0.3) is 11.3 Å². The number of rotatable bonds is 9. The lowest BCUT2D eigenvalue weighted by Gasteiger charge is -2.23. The van der Waals surface area contributed by atoms with Crippen molar-refractivity contribution in [2.24, 2.45) is 0 Å². The van der Waals surface area contributed by atoms with E-state index in [1.54, 1.807) is 18.2 Å². The fraction of sp³-hybridized carbons (Fsp3) is 0.423. The van der Waals surface area contributed by atoms with E-state index in [2.05, 4.69) is 30.0 Å². The van der Waals surface area contributed by atoms with E-state index in [1.807, 2.05) is 28.9 Å². The lowest BCUT2D eigenvalue weighted by molar-refractivity contribution is -0.169. The minimum atomic E-state index is -1.46. The van der Waals surface area contributed by atoms with Crippen LogP contribution in [-0.2, 0) is 27.0 Å². The zero-order valence-electron chi connectivity index (χ0n) is 21.1. The van der Waals surface area contributed by atoms with Gasteiger partial charge in [-0.2, -0.15) is 0 Å². The van der Waals surface area contributed by atoms with Gasteiger partial charge in [0, 0.05) is 29.4 Å². The highest BCUT2D eigenvalue weighted by Crippen LogP contribution is 2.31. The normalized spacial score (nSPS) is 16.1. The van der Waals surface area contributed by atoms with E-state index < -0.39 is 14.0 Å². The molecule has 10 heteroatoms. The summed E-state index contributed by atoms with van der Waals surface area (Å²) in [5.41, 5.74) is 2.90. The molecular weight excluding hydrogens is 498 g/mol. The summed E-state index contributed by atoms with van der Waals surface area (Å²) < 4.78 is 24.7. The SMILES string of the molecule is COC(=O)c1ccc(Cl)cc1Oc1ccc(-c2nnn(C[Si](C)(C)C)c2COC2CCCCO2)cc1. The highest BCUT2D eigenvalue weighted by Gasteiger charge is 2.23. The molecule has 8 nitrogen and oxygen atoms in total. The second-order valence-electron chi connectivity index (χ2n) is 9.97. The van der Waals surface area contributed by atoms with Gasteiger partial charge in [-0.15, -0.1) is 5.10 Å². The number of carbonyl (C=O) groups is 1. The molecule has 0 saturated carbocycles. The monoisotopic (exact) mass is 529 g/mol. The summed E-state index contributed by atoms with van der Waals surface area (Å²) >= 11 is 6.12. The van der Waals surface area contributed by atoms with Crippen molar-refractivity contribution >= 4 is 25.6 Å². The maximum absolute atomic E-state index is 12.1. The molecule has 0 bridgehead atoms. The van der Waals surface area contributed by atoms with Crippen molar-refractivity contribution < 1.29 is 23.7 Å². The van der Waals surface area contributed by atoms with Crippen LogP contribution in [0.5, 0.6) is 11.5 Å². The Hall–Kier alpha value is -2.72. The van der Waals surface area contributed by atoms with Crippen LogP contribution in [0.15, 0.2) is 42.5 Å². The van der Waals surface area contributed by atoms with Gasteiger partial charge in [0.2, 0.25) is 0 Å². The number of ether oxygens (including phenoxy) is 4. The topological polar surface area (TPSA) is 84.7 Å². The fourth-order valence-corrected chi connectivity index (χ4v) is 5.27. The number of carbonyl (C=O) groups excluding carboxylic acids is 1. The van der Waals surface area contributed by atoms with Gasteiger partial charge in [-0.05, 0) is 55.7 Å². The Morgan fingerprint density at radius 2 is 1.94 bits per heavy atom. The summed E-state index contributed by atoms with van der Waals surface area (Å²) in [6.07, 6.45) is 3.73. The molecule has 1 fully saturated rings. The fourth-order valence-electron chi connectivity index (χ4n) is 3.96. The van der Waals surface area contributed by atoms with E-state index in [4.69, 9.17) is 30.5 Å². The zero-order chi connectivity index (χ0) is 25.7. The molecule has 192 valence electrons. The van der Waals surface area contributed by atoms with Crippen LogP contribution in [0.3, 0.4) is 0 Å². The molecule has 0 aliphatic carbocycles. The summed E-state index contributed by atoms with van der Waals surface area (Å²) in [6.45, 7) is 8.01. The smallest absolute Gasteiger partial charge is 0.341 e. The predicted octanol–water partition coefficient (Wildman–Crippen LogP) is 6.10. The predicted molar refractivity (Wildman–Crippen MR) is 140 cm³/mol. The van der Waals surface area contributed by atoms with E-state index in [-0.39, 0.29) is 6.29 Å². The molecule has 36 heavy (non-hydrogen) atoms. The molecule has 2 heterocycles. The highest BCUT2D eigenvalue weighted by atomic mass is 35.5. The number of esters is 1. The average molecular weight is 530 g/mol. The third-order valence-electron chi connectivity index (χ3n) is 5.71. The van der Waals surface area contributed by atoms with E-state index in [0.29, 0.717) is 28.7 Å². The second kappa shape index (κ2) is 11.6. The van der Waals surface area contributed by atoms with Crippen LogP contribution in [0.1, 0.15) is 35.3 Å². The third-order valence-corrected chi connectivity index (χ3v) is 7.19. The van der Waals surface area contributed by atoms with E-state index in [1.165, 1.54) is 7.11 Å². The third kappa shape index (κ3) is 6.73. The van der Waals surface area contributed by atoms with E-state index in [9.17, 15) is 4.79 Å². The van der Waals surface area contributed by atoms with Crippen molar-refractivity contribution in [1.82, 2.24) is 15.0 Å². The Kier molecular flexibility index (Phi) is 8.45. The molecule has 1 unspecified atom stereocenters. The van der Waals surface area contributed by atoms with Gasteiger partial charge in [0.15, 0.2) is 6.29 Å². The second-order valence-corrected chi connectivity index (χ2v) is 15.8. The molecule has 0 amide bonds. The van der Waals surface area contributed by atoms with Crippen LogP contribution in [-0.4, -0.2) is 49.0 Å². The van der Waals surface area contributed by atoms with Gasteiger partial charge >= 0.3 is 5.97 Å². The van der Waals surface area contributed by atoms with Crippen LogP contribution >= 0.6 is 11.6 Å². The molecule has 1 aliphatic rings. The number of hydrogen-bond donors (Lipinski definition) is 0. The quantitative estimate of drug-likeness (QED) is 0.244. The molecule has 0 spiro atoms. The van der Waals surface area contributed by atoms with Gasteiger partial charge in [0.25, 0.3) is 0 Å². The first-order valence-corrected chi connectivity index (χ1v) is 16.1. The molecular formula is C26H32ClN3O5Si. The van der Waals surface area contributed by atoms with Crippen LogP contribution < -0.4 is 4.74 Å². The minimum Gasteiger partial charge on any atom is -0.465 e. The number of methoxy groups -OCH3 is 1.